The van der Waals surface area contributed by atoms with Crippen molar-refractivity contribution >= 4 is 34.3 Å². The number of para-hydroxylation sites is 1. The molecule has 10 heteroatoms. The molecule has 5 heterocycles. The predicted octanol–water partition coefficient (Wildman–Crippen LogP) is 5.34. The van der Waals surface area contributed by atoms with Crippen LogP contribution in [-0.2, 0) is 13.6 Å². The van der Waals surface area contributed by atoms with Crippen molar-refractivity contribution in [3.05, 3.63) is 95.8 Å². The molecule has 7 rings (SSSR count). The topological polar surface area (TPSA) is 118 Å². The Morgan fingerprint density at radius 2 is 1.85 bits per heavy atom. The van der Waals surface area contributed by atoms with E-state index in [1.54, 1.807) is 17.1 Å². The van der Waals surface area contributed by atoms with Crippen LogP contribution in [0, 0.1) is 13.8 Å². The summed E-state index contributed by atoms with van der Waals surface area (Å²) < 4.78 is 1.80. The number of H-pyrrole nitrogens is 1. The number of aryl methyl sites for hydroxylation is 3. The number of carbonyl (C=O) groups is 1. The Bertz CT molecular complexity index is 1900. The molecule has 196 valence electrons. The van der Waals surface area contributed by atoms with Gasteiger partial charge in [-0.15, -0.1) is 0 Å². The Morgan fingerprint density at radius 1 is 1.00 bits per heavy atom. The van der Waals surface area contributed by atoms with Crippen LogP contribution in [0.5, 0.6) is 0 Å². The van der Waals surface area contributed by atoms with Crippen LogP contribution in [0.15, 0.2) is 73.4 Å². The number of hydrogen-bond donors (Lipinski definition) is 2. The van der Waals surface area contributed by atoms with Gasteiger partial charge in [0.25, 0.3) is 5.91 Å². The van der Waals surface area contributed by atoms with E-state index in [0.29, 0.717) is 23.9 Å². The third-order valence-electron chi connectivity index (χ3n) is 7.39. The van der Waals surface area contributed by atoms with E-state index in [4.69, 9.17) is 4.98 Å². The average Bonchev–Trinajstić information content (AvgIpc) is 3.65. The van der Waals surface area contributed by atoms with Gasteiger partial charge in [0.15, 0.2) is 5.82 Å². The lowest BCUT2D eigenvalue weighted by atomic mass is 10.0. The number of rotatable bonds is 5. The number of aromatic amines is 1. The second-order valence-electron chi connectivity index (χ2n) is 9.86. The van der Waals surface area contributed by atoms with Crippen molar-refractivity contribution in [2.24, 2.45) is 7.05 Å². The van der Waals surface area contributed by atoms with Crippen molar-refractivity contribution in [1.29, 1.82) is 0 Å². The third kappa shape index (κ3) is 3.80. The highest BCUT2D eigenvalue weighted by Crippen LogP contribution is 2.39. The Balaban J connectivity index is 1.26. The molecule has 2 N–H and O–H groups in total. The van der Waals surface area contributed by atoms with Gasteiger partial charge in [0, 0.05) is 59.5 Å². The third-order valence-corrected chi connectivity index (χ3v) is 7.39. The maximum atomic E-state index is 13.6. The molecule has 10 nitrogen and oxygen atoms in total. The zero-order chi connectivity index (χ0) is 27.4. The van der Waals surface area contributed by atoms with E-state index in [1.807, 2.05) is 80.5 Å². The normalized spacial score (nSPS) is 12.8. The summed E-state index contributed by atoms with van der Waals surface area (Å²) >= 11 is 0. The van der Waals surface area contributed by atoms with E-state index in [2.05, 4.69) is 30.4 Å². The van der Waals surface area contributed by atoms with Gasteiger partial charge >= 0.3 is 0 Å². The number of amides is 1. The summed E-state index contributed by atoms with van der Waals surface area (Å²) in [6.45, 7) is 4.43. The van der Waals surface area contributed by atoms with Crippen LogP contribution >= 0.6 is 0 Å². The molecule has 0 saturated carbocycles. The van der Waals surface area contributed by atoms with Gasteiger partial charge in [-0.05, 0) is 43.2 Å². The Labute approximate surface area is 229 Å². The van der Waals surface area contributed by atoms with Gasteiger partial charge in [-0.3, -0.25) is 9.48 Å². The van der Waals surface area contributed by atoms with Crippen molar-refractivity contribution in [1.82, 2.24) is 34.7 Å². The van der Waals surface area contributed by atoms with Gasteiger partial charge in [0.05, 0.1) is 29.1 Å². The zero-order valence-corrected chi connectivity index (χ0v) is 22.2. The van der Waals surface area contributed by atoms with Gasteiger partial charge < -0.3 is 15.2 Å². The van der Waals surface area contributed by atoms with E-state index in [9.17, 15) is 4.79 Å². The Kier molecular flexibility index (Phi) is 5.41. The first-order valence-corrected chi connectivity index (χ1v) is 12.9. The fourth-order valence-corrected chi connectivity index (χ4v) is 5.29. The van der Waals surface area contributed by atoms with Gasteiger partial charge in [0.2, 0.25) is 5.95 Å². The first-order chi connectivity index (χ1) is 19.5. The van der Waals surface area contributed by atoms with Crippen LogP contribution in [-0.4, -0.2) is 40.6 Å². The van der Waals surface area contributed by atoms with E-state index in [1.165, 1.54) is 6.33 Å². The van der Waals surface area contributed by atoms with Crippen molar-refractivity contribution in [2.45, 2.75) is 20.4 Å². The minimum Gasteiger partial charge on any atom is -0.359 e. The van der Waals surface area contributed by atoms with E-state index >= 15 is 0 Å². The maximum absolute atomic E-state index is 13.6. The molecule has 1 aliphatic heterocycles. The molecule has 40 heavy (non-hydrogen) atoms. The summed E-state index contributed by atoms with van der Waals surface area (Å²) in [7, 11) is 1.89. The predicted molar refractivity (Wildman–Crippen MR) is 153 cm³/mol. The zero-order valence-electron chi connectivity index (χ0n) is 22.2. The highest BCUT2D eigenvalue weighted by atomic mass is 16.2. The van der Waals surface area contributed by atoms with Crippen molar-refractivity contribution in [3.8, 4) is 22.5 Å². The smallest absolute Gasteiger partial charge is 0.259 e. The molecule has 0 saturated heterocycles. The number of aromatic nitrogens is 7. The van der Waals surface area contributed by atoms with Crippen molar-refractivity contribution in [2.75, 3.05) is 10.2 Å². The molecule has 0 bridgehead atoms. The lowest BCUT2D eigenvalue weighted by Gasteiger charge is -2.17. The van der Waals surface area contributed by atoms with Crippen LogP contribution in [0.1, 0.15) is 27.2 Å². The standard InChI is InChI=1S/C30H25N9O/c1-17-13-33-30(35-26-12-18(2)38(3)37-26)36-27(17)22-14-32-28-20(22)7-5-9-25(28)39-15-23-19(24-10-11-31-16-34-24)6-4-8-21(23)29(39)40/h4-14,16,32H,15H2,1-3H3,(H,33,35,36,37). The largest absolute Gasteiger partial charge is 0.359 e. The Morgan fingerprint density at radius 3 is 2.65 bits per heavy atom. The van der Waals surface area contributed by atoms with Crippen LogP contribution < -0.4 is 10.2 Å². The van der Waals surface area contributed by atoms with Crippen molar-refractivity contribution in [3.63, 3.8) is 0 Å². The molecular weight excluding hydrogens is 502 g/mol. The van der Waals surface area contributed by atoms with E-state index in [0.717, 1.165) is 55.9 Å². The summed E-state index contributed by atoms with van der Waals surface area (Å²) in [5, 5.41) is 8.63. The molecule has 2 aromatic carbocycles. The molecule has 0 spiro atoms. The first kappa shape index (κ1) is 23.7. The summed E-state index contributed by atoms with van der Waals surface area (Å²) in [6.07, 6.45) is 6.99. The SMILES string of the molecule is Cc1cnc(Nc2cc(C)n(C)n2)nc1-c1c[nH]c2c(N3Cc4c(cccc4-c4ccncn4)C3=O)cccc12. The molecule has 1 amide bonds. The monoisotopic (exact) mass is 527 g/mol. The number of nitrogens with one attached hydrogen (secondary N) is 2. The summed E-state index contributed by atoms with van der Waals surface area (Å²) in [6, 6.07) is 15.6. The van der Waals surface area contributed by atoms with E-state index in [-0.39, 0.29) is 5.91 Å². The highest BCUT2D eigenvalue weighted by molar-refractivity contribution is 6.15. The molecule has 1 aliphatic rings. The molecule has 0 unspecified atom stereocenters. The number of nitrogens with zero attached hydrogens (tertiary/aromatic N) is 7. The average molecular weight is 528 g/mol. The second-order valence-corrected chi connectivity index (χ2v) is 9.86. The molecule has 6 aromatic rings. The number of benzene rings is 2. The number of fused-ring (bicyclic) bond motifs is 2. The van der Waals surface area contributed by atoms with Crippen LogP contribution in [0.4, 0.5) is 17.5 Å². The van der Waals surface area contributed by atoms with Gasteiger partial charge in [0.1, 0.15) is 6.33 Å². The molecule has 0 aliphatic carbocycles. The quantitative estimate of drug-likeness (QED) is 0.311. The molecule has 0 atom stereocenters. The summed E-state index contributed by atoms with van der Waals surface area (Å²) in [5.74, 6) is 1.11. The Hall–Kier alpha value is -5.38. The van der Waals surface area contributed by atoms with Gasteiger partial charge in [-0.2, -0.15) is 5.10 Å². The van der Waals surface area contributed by atoms with Crippen molar-refractivity contribution < 1.29 is 4.79 Å². The molecular formula is C30H25N9O. The fraction of sp³-hybridized carbons (Fsp3) is 0.133. The number of hydrogen-bond acceptors (Lipinski definition) is 7. The van der Waals surface area contributed by atoms with Gasteiger partial charge in [-0.25, -0.2) is 19.9 Å². The summed E-state index contributed by atoms with van der Waals surface area (Å²) in [4.78, 5) is 36.6. The number of anilines is 3. The first-order valence-electron chi connectivity index (χ1n) is 12.9. The van der Waals surface area contributed by atoms with Crippen LogP contribution in [0.2, 0.25) is 0 Å². The second kappa shape index (κ2) is 9.12. The fourth-order valence-electron chi connectivity index (χ4n) is 5.29. The maximum Gasteiger partial charge on any atom is 0.259 e. The molecule has 0 radical (unpaired) electrons. The minimum atomic E-state index is -0.0371. The minimum absolute atomic E-state index is 0.0371. The highest BCUT2D eigenvalue weighted by Gasteiger charge is 2.32. The lowest BCUT2D eigenvalue weighted by Crippen LogP contribution is -2.23. The number of carbonyl (C=O) groups excluding carboxylic acids is 1. The summed E-state index contributed by atoms with van der Waals surface area (Å²) in [5.41, 5.74) is 8.77. The lowest BCUT2D eigenvalue weighted by molar-refractivity contribution is 0.0997. The van der Waals surface area contributed by atoms with Gasteiger partial charge in [-0.1, -0.05) is 24.3 Å². The molecule has 0 fully saturated rings. The van der Waals surface area contributed by atoms with E-state index < -0.39 is 0 Å². The van der Waals surface area contributed by atoms with Crippen LogP contribution in [0.3, 0.4) is 0 Å². The van der Waals surface area contributed by atoms with Crippen LogP contribution in [0.25, 0.3) is 33.4 Å². The molecule has 4 aromatic heterocycles.